The van der Waals surface area contributed by atoms with E-state index in [1.54, 1.807) is 0 Å². The summed E-state index contributed by atoms with van der Waals surface area (Å²) in [6, 6.07) is 0.702. The summed E-state index contributed by atoms with van der Waals surface area (Å²) < 4.78 is 0. The second-order valence-electron chi connectivity index (χ2n) is 5.74. The van der Waals surface area contributed by atoms with E-state index in [1.165, 1.54) is 32.1 Å². The van der Waals surface area contributed by atoms with Gasteiger partial charge in [-0.15, -0.1) is 12.4 Å². The molecule has 2 atom stereocenters. The molecule has 1 N–H and O–H groups in total. The summed E-state index contributed by atoms with van der Waals surface area (Å²) in [6.45, 7) is 3.16. The molecule has 3 fully saturated rings. The zero-order chi connectivity index (χ0) is 11.0. The van der Waals surface area contributed by atoms with Gasteiger partial charge < -0.3 is 10.2 Å². The smallest absolute Gasteiger partial charge is 0.222 e. The number of hydrogen-bond acceptors (Lipinski definition) is 2. The van der Waals surface area contributed by atoms with Crippen molar-refractivity contribution in [3.63, 3.8) is 0 Å². The third kappa shape index (κ3) is 2.76. The molecule has 3 nitrogen and oxygen atoms in total. The number of likely N-dealkylation sites (tertiary alicyclic amines) is 1. The number of nitrogens with zero attached hydrogens (tertiary/aromatic N) is 1. The molecule has 2 saturated heterocycles. The monoisotopic (exact) mass is 258 g/mol. The molecule has 1 aliphatic carbocycles. The Hall–Kier alpha value is -0.280. The molecule has 1 amide bonds. The lowest BCUT2D eigenvalue weighted by atomic mass is 9.82. The number of rotatable bonds is 2. The first kappa shape index (κ1) is 13.2. The molecular weight excluding hydrogens is 236 g/mol. The van der Waals surface area contributed by atoms with Crippen molar-refractivity contribution in [1.29, 1.82) is 0 Å². The van der Waals surface area contributed by atoms with E-state index in [4.69, 9.17) is 0 Å². The van der Waals surface area contributed by atoms with Crippen molar-refractivity contribution in [2.75, 3.05) is 19.6 Å². The number of piperidine rings is 1. The maximum Gasteiger partial charge on any atom is 0.222 e. The fourth-order valence-electron chi connectivity index (χ4n) is 3.35. The number of halogens is 1. The number of carbonyl (C=O) groups is 1. The second kappa shape index (κ2) is 5.57. The van der Waals surface area contributed by atoms with Crippen molar-refractivity contribution < 1.29 is 4.79 Å². The second-order valence-corrected chi connectivity index (χ2v) is 5.74. The Bertz CT molecular complexity index is 281. The van der Waals surface area contributed by atoms with Gasteiger partial charge in [-0.25, -0.2) is 0 Å². The summed E-state index contributed by atoms with van der Waals surface area (Å²) >= 11 is 0. The van der Waals surface area contributed by atoms with Gasteiger partial charge in [-0.1, -0.05) is 6.42 Å². The molecule has 2 unspecified atom stereocenters. The summed E-state index contributed by atoms with van der Waals surface area (Å²) in [5.74, 6) is 1.88. The molecule has 4 heteroatoms. The SMILES string of the molecule is Cl.O=C(CC1CCC1)N1CCC2NCCC2C1. The van der Waals surface area contributed by atoms with Gasteiger partial charge in [0, 0.05) is 25.6 Å². The Kier molecular flexibility index (Phi) is 4.31. The summed E-state index contributed by atoms with van der Waals surface area (Å²) in [4.78, 5) is 14.2. The summed E-state index contributed by atoms with van der Waals surface area (Å²) in [6.07, 6.45) is 7.16. The van der Waals surface area contributed by atoms with Gasteiger partial charge >= 0.3 is 0 Å². The number of carbonyl (C=O) groups excluding carboxylic acids is 1. The van der Waals surface area contributed by atoms with E-state index in [0.717, 1.165) is 32.0 Å². The van der Waals surface area contributed by atoms with Gasteiger partial charge in [0.2, 0.25) is 5.91 Å². The van der Waals surface area contributed by atoms with E-state index in [9.17, 15) is 4.79 Å². The van der Waals surface area contributed by atoms with Crippen molar-refractivity contribution in [3.8, 4) is 0 Å². The molecule has 0 radical (unpaired) electrons. The quantitative estimate of drug-likeness (QED) is 0.819. The third-order valence-corrected chi connectivity index (χ3v) is 4.70. The minimum Gasteiger partial charge on any atom is -0.342 e. The highest BCUT2D eigenvalue weighted by Gasteiger charge is 2.35. The highest BCUT2D eigenvalue weighted by atomic mass is 35.5. The Labute approximate surface area is 110 Å². The molecule has 0 bridgehead atoms. The molecule has 17 heavy (non-hydrogen) atoms. The Morgan fingerprint density at radius 2 is 2.06 bits per heavy atom. The molecule has 3 rings (SSSR count). The van der Waals surface area contributed by atoms with Gasteiger partial charge in [-0.05, 0) is 44.1 Å². The van der Waals surface area contributed by atoms with Crippen LogP contribution in [-0.4, -0.2) is 36.5 Å². The molecule has 0 aromatic heterocycles. The minimum atomic E-state index is 0. The van der Waals surface area contributed by atoms with Crippen LogP contribution in [0.4, 0.5) is 0 Å². The minimum absolute atomic E-state index is 0. The third-order valence-electron chi connectivity index (χ3n) is 4.70. The van der Waals surface area contributed by atoms with Crippen LogP contribution >= 0.6 is 12.4 Å². The first-order valence-corrected chi connectivity index (χ1v) is 6.84. The lowest BCUT2D eigenvalue weighted by Gasteiger charge is -2.36. The molecule has 2 aliphatic heterocycles. The molecule has 2 heterocycles. The molecule has 0 aromatic carbocycles. The lowest BCUT2D eigenvalue weighted by molar-refractivity contribution is -0.134. The molecular formula is C13H23ClN2O. The number of hydrogen-bond donors (Lipinski definition) is 1. The van der Waals surface area contributed by atoms with Crippen molar-refractivity contribution in [3.05, 3.63) is 0 Å². The first-order chi connectivity index (χ1) is 7.83. The largest absolute Gasteiger partial charge is 0.342 e. The maximum absolute atomic E-state index is 12.1. The van der Waals surface area contributed by atoms with Gasteiger partial charge in [0.25, 0.3) is 0 Å². The predicted molar refractivity (Wildman–Crippen MR) is 70.3 cm³/mol. The van der Waals surface area contributed by atoms with Crippen molar-refractivity contribution in [2.45, 2.75) is 44.6 Å². The average molecular weight is 259 g/mol. The van der Waals surface area contributed by atoms with Gasteiger partial charge in [-0.3, -0.25) is 4.79 Å². The molecule has 98 valence electrons. The van der Waals surface area contributed by atoms with E-state index in [2.05, 4.69) is 10.2 Å². The highest BCUT2D eigenvalue weighted by Crippen LogP contribution is 2.31. The average Bonchev–Trinajstić information content (AvgIpc) is 2.69. The Balaban J connectivity index is 0.00000108. The number of nitrogens with one attached hydrogen (secondary N) is 1. The normalized spacial score (nSPS) is 32.6. The van der Waals surface area contributed by atoms with Crippen LogP contribution in [-0.2, 0) is 4.79 Å². The molecule has 3 aliphatic rings. The summed E-state index contributed by atoms with van der Waals surface area (Å²) in [5.41, 5.74) is 0. The van der Waals surface area contributed by atoms with E-state index in [0.29, 0.717) is 17.9 Å². The molecule has 0 aromatic rings. The van der Waals surface area contributed by atoms with Gasteiger partial charge in [-0.2, -0.15) is 0 Å². The van der Waals surface area contributed by atoms with E-state index < -0.39 is 0 Å². The van der Waals surface area contributed by atoms with Crippen LogP contribution in [0.5, 0.6) is 0 Å². The fourth-order valence-corrected chi connectivity index (χ4v) is 3.35. The van der Waals surface area contributed by atoms with Crippen molar-refractivity contribution in [1.82, 2.24) is 10.2 Å². The topological polar surface area (TPSA) is 32.3 Å². The van der Waals surface area contributed by atoms with E-state index in [1.807, 2.05) is 0 Å². The van der Waals surface area contributed by atoms with Crippen LogP contribution in [0.3, 0.4) is 0 Å². The maximum atomic E-state index is 12.1. The van der Waals surface area contributed by atoms with Crippen LogP contribution in [0.1, 0.15) is 38.5 Å². The zero-order valence-electron chi connectivity index (χ0n) is 10.4. The first-order valence-electron chi connectivity index (χ1n) is 6.84. The van der Waals surface area contributed by atoms with Crippen molar-refractivity contribution in [2.24, 2.45) is 11.8 Å². The summed E-state index contributed by atoms with van der Waals surface area (Å²) in [5, 5.41) is 3.54. The van der Waals surface area contributed by atoms with Crippen LogP contribution in [0.15, 0.2) is 0 Å². The van der Waals surface area contributed by atoms with Crippen LogP contribution < -0.4 is 5.32 Å². The highest BCUT2D eigenvalue weighted by molar-refractivity contribution is 5.85. The van der Waals surface area contributed by atoms with Gasteiger partial charge in [0.1, 0.15) is 0 Å². The number of fused-ring (bicyclic) bond motifs is 1. The van der Waals surface area contributed by atoms with Crippen LogP contribution in [0.25, 0.3) is 0 Å². The lowest BCUT2D eigenvalue weighted by Crippen LogP contribution is -2.47. The number of amides is 1. The van der Waals surface area contributed by atoms with Gasteiger partial charge in [0.05, 0.1) is 0 Å². The van der Waals surface area contributed by atoms with Crippen LogP contribution in [0, 0.1) is 11.8 Å². The Morgan fingerprint density at radius 3 is 2.76 bits per heavy atom. The molecule has 1 saturated carbocycles. The standard InChI is InChI=1S/C13H22N2O.ClH/c16-13(8-10-2-1-3-10)15-7-5-12-11(9-15)4-6-14-12;/h10-12,14H,1-9H2;1H. The Morgan fingerprint density at radius 1 is 1.24 bits per heavy atom. The van der Waals surface area contributed by atoms with E-state index in [-0.39, 0.29) is 12.4 Å². The fraction of sp³-hybridized carbons (Fsp3) is 0.923. The molecule has 0 spiro atoms. The van der Waals surface area contributed by atoms with Crippen LogP contribution in [0.2, 0.25) is 0 Å². The van der Waals surface area contributed by atoms with Gasteiger partial charge in [0.15, 0.2) is 0 Å². The zero-order valence-corrected chi connectivity index (χ0v) is 11.2. The predicted octanol–water partition coefficient (Wildman–Crippen LogP) is 1.81. The summed E-state index contributed by atoms with van der Waals surface area (Å²) in [7, 11) is 0. The van der Waals surface area contributed by atoms with E-state index >= 15 is 0 Å². The van der Waals surface area contributed by atoms with Crippen molar-refractivity contribution >= 4 is 18.3 Å².